The van der Waals surface area contributed by atoms with E-state index in [2.05, 4.69) is 22.0 Å². The lowest BCUT2D eigenvalue weighted by molar-refractivity contribution is -0.147. The molecule has 0 spiro atoms. The molecule has 1 amide bonds. The molecule has 1 rings (SSSR count). The molecule has 16 heavy (non-hydrogen) atoms. The highest BCUT2D eigenvalue weighted by Crippen LogP contribution is 2.19. The van der Waals surface area contributed by atoms with E-state index in [1.165, 1.54) is 6.20 Å². The molecule has 1 aromatic rings. The van der Waals surface area contributed by atoms with Crippen molar-refractivity contribution < 1.29 is 14.7 Å². The summed E-state index contributed by atoms with van der Waals surface area (Å²) < 4.78 is 0. The molecule has 6 nitrogen and oxygen atoms in total. The molecular formula is C10H11N3O3. The van der Waals surface area contributed by atoms with Gasteiger partial charge in [-0.25, -0.2) is 14.8 Å². The van der Waals surface area contributed by atoms with Crippen LogP contribution in [0.4, 0.5) is 11.5 Å². The number of aliphatic carboxylic acids is 1. The zero-order valence-electron chi connectivity index (χ0n) is 8.73. The van der Waals surface area contributed by atoms with Crippen LogP contribution in [0.15, 0.2) is 17.3 Å². The predicted octanol–water partition coefficient (Wildman–Crippen LogP) is 0.999. The van der Waals surface area contributed by atoms with Gasteiger partial charge in [0.2, 0.25) is 0 Å². The fourth-order valence-electron chi connectivity index (χ4n) is 1.16. The molecule has 0 unspecified atom stereocenters. The van der Waals surface area contributed by atoms with E-state index in [1.807, 2.05) is 6.92 Å². The summed E-state index contributed by atoms with van der Waals surface area (Å²) in [6.07, 6.45) is 2.00. The number of pyridine rings is 1. The summed E-state index contributed by atoms with van der Waals surface area (Å²) in [5.74, 6) is -2.15. The summed E-state index contributed by atoms with van der Waals surface area (Å²) in [6, 6.07) is 1.62. The van der Waals surface area contributed by atoms with Gasteiger partial charge in [-0.05, 0) is 24.8 Å². The molecule has 0 saturated heterocycles. The zero-order valence-corrected chi connectivity index (χ0v) is 8.73. The lowest BCUT2D eigenvalue weighted by atomic mass is 10.2. The van der Waals surface area contributed by atoms with Crippen LogP contribution in [0.3, 0.4) is 0 Å². The number of amides is 1. The maximum Gasteiger partial charge on any atom is 0.394 e. The van der Waals surface area contributed by atoms with E-state index in [1.54, 1.807) is 6.07 Å². The van der Waals surface area contributed by atoms with Crippen molar-refractivity contribution in [2.45, 2.75) is 13.3 Å². The number of aliphatic imine (C=N–C) groups is 1. The Balaban J connectivity index is 2.95. The number of aromatic nitrogens is 1. The first-order valence-electron chi connectivity index (χ1n) is 4.58. The first-order chi connectivity index (χ1) is 7.58. The van der Waals surface area contributed by atoms with Crippen molar-refractivity contribution in [3.05, 3.63) is 17.8 Å². The largest absolute Gasteiger partial charge is 0.474 e. The third-order valence-electron chi connectivity index (χ3n) is 1.93. The van der Waals surface area contributed by atoms with Crippen LogP contribution in [-0.4, -0.2) is 28.7 Å². The Bertz CT molecular complexity index is 443. The maximum atomic E-state index is 10.9. The normalized spacial score (nSPS) is 9.56. The van der Waals surface area contributed by atoms with Crippen LogP contribution < -0.4 is 5.32 Å². The van der Waals surface area contributed by atoms with E-state index in [0.29, 0.717) is 17.9 Å². The van der Waals surface area contributed by atoms with Gasteiger partial charge >= 0.3 is 11.9 Å². The molecule has 2 N–H and O–H groups in total. The summed E-state index contributed by atoms with van der Waals surface area (Å²) in [5, 5.41) is 10.6. The van der Waals surface area contributed by atoms with Gasteiger partial charge in [0.05, 0.1) is 11.9 Å². The minimum absolute atomic E-state index is 0.330. The Morgan fingerprint density at radius 1 is 1.62 bits per heavy atom. The quantitative estimate of drug-likeness (QED) is 0.588. The second-order valence-electron chi connectivity index (χ2n) is 2.98. The standard InChI is InChI=1S/C10H11N3O3/c1-3-6-4-7(5-12-8(6)11-2)13-9(14)10(15)16/h4-5H,2-3H2,1H3,(H,13,14)(H,15,16). The Hall–Kier alpha value is -2.24. The van der Waals surface area contributed by atoms with E-state index < -0.39 is 11.9 Å². The molecule has 0 aromatic carbocycles. The van der Waals surface area contributed by atoms with Gasteiger partial charge in [0.25, 0.3) is 0 Å². The number of carboxylic acid groups (broad SMARTS) is 1. The van der Waals surface area contributed by atoms with E-state index in [0.717, 1.165) is 5.56 Å². The van der Waals surface area contributed by atoms with Gasteiger partial charge in [-0.15, -0.1) is 0 Å². The molecule has 84 valence electrons. The van der Waals surface area contributed by atoms with Gasteiger partial charge < -0.3 is 10.4 Å². The molecule has 0 fully saturated rings. The number of carbonyl (C=O) groups is 2. The molecule has 6 heteroatoms. The van der Waals surface area contributed by atoms with Crippen LogP contribution in [0.25, 0.3) is 0 Å². The van der Waals surface area contributed by atoms with Crippen LogP contribution in [-0.2, 0) is 16.0 Å². The van der Waals surface area contributed by atoms with Gasteiger partial charge in [0.1, 0.15) is 0 Å². The Labute approximate surface area is 92.0 Å². The lowest BCUT2D eigenvalue weighted by Gasteiger charge is -2.05. The van der Waals surface area contributed by atoms with Gasteiger partial charge in [0, 0.05) is 0 Å². The molecule has 0 bridgehead atoms. The molecule has 0 aliphatic carbocycles. The average molecular weight is 221 g/mol. The van der Waals surface area contributed by atoms with Gasteiger partial charge in [-0.3, -0.25) is 4.79 Å². The van der Waals surface area contributed by atoms with Crippen molar-refractivity contribution in [1.29, 1.82) is 0 Å². The minimum atomic E-state index is -1.54. The third kappa shape index (κ3) is 2.63. The van der Waals surface area contributed by atoms with Crippen molar-refractivity contribution in [3.63, 3.8) is 0 Å². The first-order valence-corrected chi connectivity index (χ1v) is 4.58. The number of aryl methyl sites for hydroxylation is 1. The number of nitrogens with one attached hydrogen (secondary N) is 1. The topological polar surface area (TPSA) is 91.7 Å². The third-order valence-corrected chi connectivity index (χ3v) is 1.93. The number of anilines is 1. The summed E-state index contributed by atoms with van der Waals surface area (Å²) in [4.78, 5) is 28.9. The van der Waals surface area contributed by atoms with Gasteiger partial charge in [0.15, 0.2) is 5.82 Å². The number of hydrogen-bond acceptors (Lipinski definition) is 4. The molecule has 1 aromatic heterocycles. The van der Waals surface area contributed by atoms with Crippen molar-refractivity contribution in [3.8, 4) is 0 Å². The smallest absolute Gasteiger partial charge is 0.394 e. The van der Waals surface area contributed by atoms with Crippen LogP contribution in [0.1, 0.15) is 12.5 Å². The molecular weight excluding hydrogens is 210 g/mol. The number of nitrogens with zero attached hydrogens (tertiary/aromatic N) is 2. The number of hydrogen-bond donors (Lipinski definition) is 2. The summed E-state index contributed by atoms with van der Waals surface area (Å²) in [7, 11) is 0. The highest BCUT2D eigenvalue weighted by Gasteiger charge is 2.12. The second kappa shape index (κ2) is 5.01. The average Bonchev–Trinajstić information content (AvgIpc) is 2.28. The summed E-state index contributed by atoms with van der Waals surface area (Å²) >= 11 is 0. The molecule has 0 saturated carbocycles. The Kier molecular flexibility index (Phi) is 3.71. The predicted molar refractivity (Wildman–Crippen MR) is 59.1 cm³/mol. The number of carbonyl (C=O) groups excluding carboxylic acids is 1. The van der Waals surface area contributed by atoms with E-state index >= 15 is 0 Å². The van der Waals surface area contributed by atoms with Crippen LogP contribution >= 0.6 is 0 Å². The zero-order chi connectivity index (χ0) is 12.1. The SMILES string of the molecule is C=Nc1ncc(NC(=O)C(=O)O)cc1CC. The highest BCUT2D eigenvalue weighted by atomic mass is 16.4. The molecule has 0 radical (unpaired) electrons. The van der Waals surface area contributed by atoms with E-state index in [-0.39, 0.29) is 0 Å². The second-order valence-corrected chi connectivity index (χ2v) is 2.98. The van der Waals surface area contributed by atoms with Crippen LogP contribution in [0.2, 0.25) is 0 Å². The summed E-state index contributed by atoms with van der Waals surface area (Å²) in [6.45, 7) is 5.26. The Morgan fingerprint density at radius 3 is 2.81 bits per heavy atom. The number of rotatable bonds is 3. The summed E-state index contributed by atoms with van der Waals surface area (Å²) in [5.41, 5.74) is 1.12. The van der Waals surface area contributed by atoms with Crippen LogP contribution in [0.5, 0.6) is 0 Å². The fourth-order valence-corrected chi connectivity index (χ4v) is 1.16. The van der Waals surface area contributed by atoms with Crippen LogP contribution in [0, 0.1) is 0 Å². The van der Waals surface area contributed by atoms with Crippen molar-refractivity contribution in [1.82, 2.24) is 4.98 Å². The molecule has 0 atom stereocenters. The number of carboxylic acids is 1. The Morgan fingerprint density at radius 2 is 2.31 bits per heavy atom. The maximum absolute atomic E-state index is 10.9. The fraction of sp³-hybridized carbons (Fsp3) is 0.200. The van der Waals surface area contributed by atoms with Crippen molar-refractivity contribution in [2.24, 2.45) is 4.99 Å². The monoisotopic (exact) mass is 221 g/mol. The first kappa shape index (κ1) is 11.8. The molecule has 1 heterocycles. The van der Waals surface area contributed by atoms with Crippen molar-refractivity contribution in [2.75, 3.05) is 5.32 Å². The lowest BCUT2D eigenvalue weighted by Crippen LogP contribution is -2.21. The minimum Gasteiger partial charge on any atom is -0.474 e. The highest BCUT2D eigenvalue weighted by molar-refractivity contribution is 6.36. The molecule has 0 aliphatic heterocycles. The molecule has 0 aliphatic rings. The van der Waals surface area contributed by atoms with E-state index in [9.17, 15) is 9.59 Å². The van der Waals surface area contributed by atoms with Crippen molar-refractivity contribution >= 4 is 30.1 Å². The van der Waals surface area contributed by atoms with Gasteiger partial charge in [-0.1, -0.05) is 6.92 Å². The van der Waals surface area contributed by atoms with E-state index in [4.69, 9.17) is 5.11 Å². The van der Waals surface area contributed by atoms with Gasteiger partial charge in [-0.2, -0.15) is 0 Å².